The molecule has 0 atom stereocenters. The van der Waals surface area contributed by atoms with Gasteiger partial charge in [0.2, 0.25) is 0 Å². The first kappa shape index (κ1) is 12.0. The van der Waals surface area contributed by atoms with Gasteiger partial charge in [-0.1, -0.05) is 0 Å². The van der Waals surface area contributed by atoms with Crippen molar-refractivity contribution in [2.45, 2.75) is 0 Å². The van der Waals surface area contributed by atoms with Crippen molar-refractivity contribution < 1.29 is 9.47 Å². The Balaban J connectivity index is 2.10. The number of ether oxygens (including phenoxy) is 2. The molecule has 0 fully saturated rings. The van der Waals surface area contributed by atoms with Gasteiger partial charge in [0.25, 0.3) is 0 Å². The van der Waals surface area contributed by atoms with E-state index in [1.165, 1.54) is 12.3 Å². The summed E-state index contributed by atoms with van der Waals surface area (Å²) in [6, 6.07) is 11.0. The summed E-state index contributed by atoms with van der Waals surface area (Å²) in [5.41, 5.74) is 2.02. The Morgan fingerprint density at radius 3 is 2.55 bits per heavy atom. The summed E-state index contributed by atoms with van der Waals surface area (Å²) in [5, 5.41) is 18.0. The van der Waals surface area contributed by atoms with E-state index in [-0.39, 0.29) is 0 Å². The smallest absolute Gasteiger partial charge is 0.162 e. The zero-order valence-electron chi connectivity index (χ0n) is 10.5. The molecule has 0 spiro atoms. The molecule has 1 aliphatic heterocycles. The van der Waals surface area contributed by atoms with Crippen LogP contribution in [0, 0.1) is 22.7 Å². The number of nitrogens with zero attached hydrogens (tertiary/aromatic N) is 3. The third kappa shape index (κ3) is 2.02. The Morgan fingerprint density at radius 1 is 1.00 bits per heavy atom. The van der Waals surface area contributed by atoms with Crippen molar-refractivity contribution in [3.63, 3.8) is 0 Å². The van der Waals surface area contributed by atoms with Crippen LogP contribution in [0.15, 0.2) is 30.5 Å². The van der Waals surface area contributed by atoms with Crippen molar-refractivity contribution in [1.82, 2.24) is 4.98 Å². The Labute approximate surface area is 115 Å². The van der Waals surface area contributed by atoms with Crippen molar-refractivity contribution in [1.29, 1.82) is 10.5 Å². The van der Waals surface area contributed by atoms with Crippen molar-refractivity contribution in [3.8, 4) is 34.9 Å². The third-order valence-corrected chi connectivity index (χ3v) is 2.95. The number of hydrogen-bond donors (Lipinski definition) is 0. The van der Waals surface area contributed by atoms with E-state index in [2.05, 4.69) is 11.1 Å². The van der Waals surface area contributed by atoms with Gasteiger partial charge in [0, 0.05) is 11.8 Å². The Hall–Kier alpha value is -3.05. The molecule has 1 aromatic carbocycles. The Morgan fingerprint density at radius 2 is 1.80 bits per heavy atom. The SMILES string of the molecule is N#Cc1cnc(-c2ccc3c(c2)OCCO3)c(C#N)c1. The second-order valence-corrected chi connectivity index (χ2v) is 4.20. The number of rotatable bonds is 1. The van der Waals surface area contributed by atoms with Gasteiger partial charge in [0.15, 0.2) is 11.5 Å². The summed E-state index contributed by atoms with van der Waals surface area (Å²) in [5.74, 6) is 1.33. The van der Waals surface area contributed by atoms with E-state index < -0.39 is 0 Å². The molecule has 0 bridgehead atoms. The molecule has 0 radical (unpaired) electrons. The fourth-order valence-electron chi connectivity index (χ4n) is 2.03. The first-order valence-electron chi connectivity index (χ1n) is 6.02. The van der Waals surface area contributed by atoms with Gasteiger partial charge >= 0.3 is 0 Å². The molecule has 96 valence electrons. The van der Waals surface area contributed by atoms with Gasteiger partial charge < -0.3 is 9.47 Å². The quantitative estimate of drug-likeness (QED) is 0.788. The lowest BCUT2D eigenvalue weighted by molar-refractivity contribution is 0.171. The van der Waals surface area contributed by atoms with Gasteiger partial charge in [-0.25, -0.2) is 0 Å². The third-order valence-electron chi connectivity index (χ3n) is 2.95. The van der Waals surface area contributed by atoms with E-state index in [1.807, 2.05) is 12.1 Å². The number of aromatic nitrogens is 1. The lowest BCUT2D eigenvalue weighted by Gasteiger charge is -2.18. The summed E-state index contributed by atoms with van der Waals surface area (Å²) >= 11 is 0. The molecule has 0 saturated heterocycles. The number of hydrogen-bond acceptors (Lipinski definition) is 5. The standard InChI is InChI=1S/C15H9N3O2/c16-7-10-5-12(8-17)15(18-9-10)11-1-2-13-14(6-11)20-4-3-19-13/h1-2,5-6,9H,3-4H2. The highest BCUT2D eigenvalue weighted by molar-refractivity contribution is 5.70. The van der Waals surface area contributed by atoms with Crippen LogP contribution in [0.5, 0.6) is 11.5 Å². The van der Waals surface area contributed by atoms with Gasteiger partial charge in [0.1, 0.15) is 25.4 Å². The maximum Gasteiger partial charge on any atom is 0.162 e. The zero-order chi connectivity index (χ0) is 13.9. The van der Waals surface area contributed by atoms with E-state index in [0.717, 1.165) is 5.56 Å². The lowest BCUT2D eigenvalue weighted by Crippen LogP contribution is -2.15. The van der Waals surface area contributed by atoms with Gasteiger partial charge in [-0.05, 0) is 24.3 Å². The Bertz CT molecular complexity index is 757. The molecule has 3 rings (SSSR count). The molecule has 1 aliphatic rings. The highest BCUT2D eigenvalue weighted by atomic mass is 16.6. The number of fused-ring (bicyclic) bond motifs is 1. The zero-order valence-corrected chi connectivity index (χ0v) is 10.5. The first-order chi connectivity index (χ1) is 9.81. The van der Waals surface area contributed by atoms with Crippen LogP contribution in [0.25, 0.3) is 11.3 Å². The summed E-state index contributed by atoms with van der Waals surface area (Å²) < 4.78 is 11.0. The fourth-order valence-corrected chi connectivity index (χ4v) is 2.03. The summed E-state index contributed by atoms with van der Waals surface area (Å²) in [6.45, 7) is 1.03. The number of benzene rings is 1. The molecule has 2 heterocycles. The average molecular weight is 263 g/mol. The van der Waals surface area contributed by atoms with Crippen LogP contribution >= 0.6 is 0 Å². The van der Waals surface area contributed by atoms with Crippen LogP contribution in [-0.2, 0) is 0 Å². The minimum atomic E-state index is 0.362. The molecule has 0 aliphatic carbocycles. The normalized spacial score (nSPS) is 12.3. The maximum absolute atomic E-state index is 9.18. The first-order valence-corrected chi connectivity index (χ1v) is 6.02. The molecular weight excluding hydrogens is 254 g/mol. The predicted molar refractivity (Wildman–Crippen MR) is 70.1 cm³/mol. The molecule has 0 N–H and O–H groups in total. The predicted octanol–water partition coefficient (Wildman–Crippen LogP) is 2.26. The van der Waals surface area contributed by atoms with E-state index in [4.69, 9.17) is 14.7 Å². The molecule has 5 heteroatoms. The van der Waals surface area contributed by atoms with E-state index in [0.29, 0.717) is 41.5 Å². The van der Waals surface area contributed by atoms with Crippen LogP contribution in [-0.4, -0.2) is 18.2 Å². The van der Waals surface area contributed by atoms with Crippen molar-refractivity contribution >= 4 is 0 Å². The molecular formula is C15H9N3O2. The van der Waals surface area contributed by atoms with Crippen LogP contribution < -0.4 is 9.47 Å². The fraction of sp³-hybridized carbons (Fsp3) is 0.133. The summed E-state index contributed by atoms with van der Waals surface area (Å²) in [6.07, 6.45) is 1.45. The van der Waals surface area contributed by atoms with Crippen molar-refractivity contribution in [2.75, 3.05) is 13.2 Å². The van der Waals surface area contributed by atoms with Crippen LogP contribution in [0.2, 0.25) is 0 Å². The topological polar surface area (TPSA) is 78.9 Å². The Kier molecular flexibility index (Phi) is 2.95. The van der Waals surface area contributed by atoms with Gasteiger partial charge in [-0.15, -0.1) is 0 Å². The van der Waals surface area contributed by atoms with Crippen molar-refractivity contribution in [2.24, 2.45) is 0 Å². The minimum absolute atomic E-state index is 0.362. The van der Waals surface area contributed by atoms with Crippen LogP contribution in [0.1, 0.15) is 11.1 Å². The number of pyridine rings is 1. The largest absolute Gasteiger partial charge is 0.486 e. The molecule has 0 saturated carbocycles. The van der Waals surface area contributed by atoms with Gasteiger partial charge in [-0.3, -0.25) is 4.98 Å². The molecule has 1 aromatic heterocycles. The van der Waals surface area contributed by atoms with E-state index in [9.17, 15) is 5.26 Å². The van der Waals surface area contributed by atoms with E-state index in [1.54, 1.807) is 12.1 Å². The minimum Gasteiger partial charge on any atom is -0.486 e. The van der Waals surface area contributed by atoms with Gasteiger partial charge in [-0.2, -0.15) is 10.5 Å². The highest BCUT2D eigenvalue weighted by Crippen LogP contribution is 2.34. The molecule has 20 heavy (non-hydrogen) atoms. The summed E-state index contributed by atoms with van der Waals surface area (Å²) in [4.78, 5) is 4.20. The van der Waals surface area contributed by atoms with E-state index >= 15 is 0 Å². The molecule has 5 nitrogen and oxygen atoms in total. The monoisotopic (exact) mass is 263 g/mol. The second-order valence-electron chi connectivity index (χ2n) is 4.20. The molecule has 2 aromatic rings. The second kappa shape index (κ2) is 4.91. The van der Waals surface area contributed by atoms with Crippen LogP contribution in [0.4, 0.5) is 0 Å². The average Bonchev–Trinajstić information content (AvgIpc) is 2.53. The summed E-state index contributed by atoms with van der Waals surface area (Å²) in [7, 11) is 0. The maximum atomic E-state index is 9.18. The van der Waals surface area contributed by atoms with Crippen molar-refractivity contribution in [3.05, 3.63) is 41.6 Å². The van der Waals surface area contributed by atoms with Gasteiger partial charge in [0.05, 0.1) is 16.8 Å². The van der Waals surface area contributed by atoms with Crippen LogP contribution in [0.3, 0.4) is 0 Å². The lowest BCUT2D eigenvalue weighted by atomic mass is 10.0. The highest BCUT2D eigenvalue weighted by Gasteiger charge is 2.15. The molecule has 0 amide bonds. The number of nitriles is 2. The molecule has 0 unspecified atom stereocenters.